The molecule has 13 heteroatoms. The van der Waals surface area contributed by atoms with Crippen LogP contribution in [0.4, 0.5) is 32.4 Å². The van der Waals surface area contributed by atoms with E-state index >= 15 is 0 Å². The Balaban J connectivity index is 2.47. The van der Waals surface area contributed by atoms with Gasteiger partial charge in [0.1, 0.15) is 29.4 Å². The molecule has 1 aromatic heterocycles. The number of carbonyl (C=O) groups excluding carboxylic acids is 2. The van der Waals surface area contributed by atoms with Crippen LogP contribution < -0.4 is 10.6 Å². The number of halogens is 6. The lowest BCUT2D eigenvalue weighted by molar-refractivity contribution is -0.141. The molecule has 0 fully saturated rings. The normalized spacial score (nSPS) is 13.7. The number of nitrogens with zero attached hydrogens (tertiary/aromatic N) is 1. The van der Waals surface area contributed by atoms with Crippen LogP contribution in [0.2, 0.25) is 5.02 Å². The van der Waals surface area contributed by atoms with Gasteiger partial charge >= 0.3 is 12.3 Å². The van der Waals surface area contributed by atoms with Gasteiger partial charge in [-0.3, -0.25) is 4.79 Å². The molecule has 0 saturated heterocycles. The van der Waals surface area contributed by atoms with Crippen molar-refractivity contribution in [2.75, 3.05) is 5.32 Å². The molecule has 186 valence electrons. The van der Waals surface area contributed by atoms with E-state index in [2.05, 4.69) is 15.6 Å². The van der Waals surface area contributed by atoms with Crippen LogP contribution >= 0.6 is 11.6 Å². The number of pyridine rings is 1. The summed E-state index contributed by atoms with van der Waals surface area (Å²) >= 11 is 5.84. The van der Waals surface area contributed by atoms with Gasteiger partial charge in [0.15, 0.2) is 5.69 Å². The fraction of sp³-hybridized carbons (Fsp3) is 0.381. The van der Waals surface area contributed by atoms with Gasteiger partial charge in [0.25, 0.3) is 0 Å². The van der Waals surface area contributed by atoms with Crippen LogP contribution in [-0.4, -0.2) is 33.7 Å². The van der Waals surface area contributed by atoms with Crippen molar-refractivity contribution in [2.45, 2.75) is 51.6 Å². The van der Waals surface area contributed by atoms with Crippen molar-refractivity contribution in [3.05, 3.63) is 57.9 Å². The minimum absolute atomic E-state index is 0.532. The lowest BCUT2D eigenvalue weighted by Crippen LogP contribution is -2.44. The van der Waals surface area contributed by atoms with Crippen molar-refractivity contribution >= 4 is 29.3 Å². The van der Waals surface area contributed by atoms with Gasteiger partial charge in [0.05, 0.1) is 22.5 Å². The number of benzene rings is 1. The number of aromatic nitrogens is 1. The largest absolute Gasteiger partial charge is 0.444 e. The first kappa shape index (κ1) is 27.3. The smallest absolute Gasteiger partial charge is 0.434 e. The highest BCUT2D eigenvalue weighted by Crippen LogP contribution is 2.42. The average Bonchev–Trinajstić information content (AvgIpc) is 2.65. The van der Waals surface area contributed by atoms with E-state index in [-0.39, 0.29) is 0 Å². The van der Waals surface area contributed by atoms with E-state index in [4.69, 9.17) is 16.3 Å². The van der Waals surface area contributed by atoms with Crippen molar-refractivity contribution in [3.8, 4) is 0 Å². The van der Waals surface area contributed by atoms with E-state index in [1.165, 1.54) is 6.92 Å². The van der Waals surface area contributed by atoms with Crippen molar-refractivity contribution < 1.29 is 41.4 Å². The predicted molar refractivity (Wildman–Crippen MR) is 112 cm³/mol. The molecule has 2 aromatic rings. The summed E-state index contributed by atoms with van der Waals surface area (Å²) in [7, 11) is 0. The second kappa shape index (κ2) is 10.1. The summed E-state index contributed by atoms with van der Waals surface area (Å²) < 4.78 is 73.5. The number of hydrogen-bond acceptors (Lipinski definition) is 5. The summed E-state index contributed by atoms with van der Waals surface area (Å²) in [6.45, 7) is 6.00. The van der Waals surface area contributed by atoms with Gasteiger partial charge in [-0.1, -0.05) is 17.7 Å². The first-order chi connectivity index (χ1) is 15.5. The minimum Gasteiger partial charge on any atom is -0.444 e. The van der Waals surface area contributed by atoms with Gasteiger partial charge < -0.3 is 20.5 Å². The first-order valence-electron chi connectivity index (χ1n) is 9.71. The number of nitrogens with one attached hydrogen (secondary N) is 2. The topological polar surface area (TPSA) is 101 Å². The number of anilines is 1. The number of alkyl halides is 3. The number of rotatable bonds is 5. The first-order valence-corrected chi connectivity index (χ1v) is 10.1. The second-order valence-corrected chi connectivity index (χ2v) is 8.52. The Hall–Kier alpha value is -2.99. The second-order valence-electron chi connectivity index (χ2n) is 8.14. The molecular weight excluding hydrogens is 489 g/mol. The zero-order valence-electron chi connectivity index (χ0n) is 18.4. The van der Waals surface area contributed by atoms with Crippen molar-refractivity contribution in [1.29, 1.82) is 0 Å². The van der Waals surface area contributed by atoms with Gasteiger partial charge in [0.2, 0.25) is 5.91 Å². The molecule has 3 N–H and O–H groups in total. The molecule has 1 aromatic carbocycles. The number of aliphatic hydroxyl groups is 1. The number of ether oxygens (including phenoxy) is 1. The molecule has 34 heavy (non-hydrogen) atoms. The Bertz CT molecular complexity index is 1070. The third-order valence-corrected chi connectivity index (χ3v) is 4.64. The number of aliphatic hydroxyl groups excluding tert-OH is 1. The van der Waals surface area contributed by atoms with Crippen LogP contribution in [0.5, 0.6) is 0 Å². The highest BCUT2D eigenvalue weighted by atomic mass is 35.5. The fourth-order valence-electron chi connectivity index (χ4n) is 2.77. The third-order valence-electron chi connectivity index (χ3n) is 4.26. The molecule has 0 aliphatic carbocycles. The highest BCUT2D eigenvalue weighted by Gasteiger charge is 2.39. The van der Waals surface area contributed by atoms with Crippen LogP contribution in [0.3, 0.4) is 0 Å². The maximum atomic E-state index is 14.2. The zero-order valence-corrected chi connectivity index (χ0v) is 19.1. The molecule has 1 heterocycles. The summed E-state index contributed by atoms with van der Waals surface area (Å²) in [5, 5.41) is 13.8. The zero-order chi connectivity index (χ0) is 26.0. The Morgan fingerprint density at radius 2 is 1.68 bits per heavy atom. The van der Waals surface area contributed by atoms with Gasteiger partial charge in [-0.15, -0.1) is 0 Å². The van der Waals surface area contributed by atoms with E-state index in [9.17, 15) is 36.6 Å². The lowest BCUT2D eigenvalue weighted by atomic mass is 9.98. The van der Waals surface area contributed by atoms with Gasteiger partial charge in [-0.25, -0.2) is 18.6 Å². The standard InChI is InChI=1S/C21H21ClF5N3O4/c1-9(29-19(33)34-20(2,3)4)18(32)30-12-8-28-17(21(25,26)27)15(22)14(12)16(31)13-10(23)6-5-7-11(13)24/h5-9,16,31H,1-4H3,(H,29,33)(H,30,32)/t9-,16?/m0/s1. The molecule has 2 atom stereocenters. The molecule has 0 radical (unpaired) electrons. The molecule has 2 rings (SSSR count). The van der Waals surface area contributed by atoms with E-state index in [0.29, 0.717) is 6.20 Å². The molecular formula is C21H21ClF5N3O4. The van der Waals surface area contributed by atoms with Crippen LogP contribution in [0.1, 0.15) is 50.6 Å². The Morgan fingerprint density at radius 1 is 1.12 bits per heavy atom. The lowest BCUT2D eigenvalue weighted by Gasteiger charge is -2.23. The minimum atomic E-state index is -5.08. The Kier molecular flexibility index (Phi) is 8.10. The summed E-state index contributed by atoms with van der Waals surface area (Å²) in [6, 6.07) is 1.29. The van der Waals surface area contributed by atoms with E-state index in [0.717, 1.165) is 18.2 Å². The van der Waals surface area contributed by atoms with Crippen LogP contribution in [0, 0.1) is 11.6 Å². The maximum Gasteiger partial charge on any atom is 0.434 e. The quantitative estimate of drug-likeness (QED) is 0.494. The SMILES string of the molecule is C[C@H](NC(=O)OC(C)(C)C)C(=O)Nc1cnc(C(F)(F)F)c(Cl)c1C(O)c1c(F)cccc1F. The number of alkyl carbamates (subject to hydrolysis) is 1. The summed E-state index contributed by atoms with van der Waals surface area (Å²) in [6.07, 6.45) is -7.84. The average molecular weight is 510 g/mol. The summed E-state index contributed by atoms with van der Waals surface area (Å²) in [5.74, 6) is -3.48. The van der Waals surface area contributed by atoms with Crippen molar-refractivity contribution in [2.24, 2.45) is 0 Å². The summed E-state index contributed by atoms with van der Waals surface area (Å²) in [4.78, 5) is 27.6. The van der Waals surface area contributed by atoms with Crippen LogP contribution in [0.25, 0.3) is 0 Å². The number of carbonyl (C=O) groups is 2. The summed E-state index contributed by atoms with van der Waals surface area (Å²) in [5.41, 5.74) is -4.90. The van der Waals surface area contributed by atoms with Crippen LogP contribution in [0.15, 0.2) is 24.4 Å². The third kappa shape index (κ3) is 6.54. The molecule has 2 amide bonds. The van der Waals surface area contributed by atoms with E-state index in [1.54, 1.807) is 20.8 Å². The Morgan fingerprint density at radius 3 is 2.18 bits per heavy atom. The highest BCUT2D eigenvalue weighted by molar-refractivity contribution is 6.32. The van der Waals surface area contributed by atoms with Gasteiger partial charge in [-0.2, -0.15) is 13.2 Å². The van der Waals surface area contributed by atoms with Crippen molar-refractivity contribution in [1.82, 2.24) is 10.3 Å². The molecule has 0 saturated carbocycles. The number of amides is 2. The van der Waals surface area contributed by atoms with Crippen molar-refractivity contribution in [3.63, 3.8) is 0 Å². The molecule has 0 spiro atoms. The molecule has 0 aliphatic rings. The molecule has 0 bridgehead atoms. The van der Waals surface area contributed by atoms with E-state index in [1.807, 2.05) is 0 Å². The number of hydrogen-bond donors (Lipinski definition) is 3. The Labute approximate surface area is 196 Å². The fourth-order valence-corrected chi connectivity index (χ4v) is 3.13. The van der Waals surface area contributed by atoms with Gasteiger partial charge in [0, 0.05) is 5.56 Å². The van der Waals surface area contributed by atoms with Crippen LogP contribution in [-0.2, 0) is 15.7 Å². The maximum absolute atomic E-state index is 14.2. The predicted octanol–water partition coefficient (Wildman–Crippen LogP) is 4.97. The van der Waals surface area contributed by atoms with Gasteiger partial charge in [-0.05, 0) is 39.8 Å². The monoisotopic (exact) mass is 509 g/mol. The molecule has 1 unspecified atom stereocenters. The van der Waals surface area contributed by atoms with E-state index < -0.39 is 75.1 Å². The molecule has 0 aliphatic heterocycles. The molecule has 7 nitrogen and oxygen atoms in total.